The van der Waals surface area contributed by atoms with Gasteiger partial charge in [-0.3, -0.25) is 19.0 Å². The zero-order valence-electron chi connectivity index (χ0n) is 10.3. The maximum Gasteiger partial charge on any atom is 0.325 e. The van der Waals surface area contributed by atoms with Crippen molar-refractivity contribution in [3.8, 4) is 0 Å². The first-order valence-electron chi connectivity index (χ1n) is 5.66. The number of aryl methyl sites for hydroxylation is 1. The lowest BCUT2D eigenvalue weighted by Gasteiger charge is -1.98. The van der Waals surface area contributed by atoms with E-state index in [1.807, 2.05) is 6.92 Å². The molecular formula is C11H13N5O3. The molecule has 2 N–H and O–H groups in total. The van der Waals surface area contributed by atoms with Crippen LogP contribution < -0.4 is 5.32 Å². The Hall–Kier alpha value is -2.64. The van der Waals surface area contributed by atoms with Gasteiger partial charge in [-0.05, 0) is 6.92 Å². The first-order valence-corrected chi connectivity index (χ1v) is 5.66. The Kier molecular flexibility index (Phi) is 3.60. The summed E-state index contributed by atoms with van der Waals surface area (Å²) in [4.78, 5) is 22.4. The lowest BCUT2D eigenvalue weighted by Crippen LogP contribution is -2.11. The van der Waals surface area contributed by atoms with E-state index in [2.05, 4.69) is 15.5 Å². The van der Waals surface area contributed by atoms with Crippen LogP contribution in [0.4, 0.5) is 5.69 Å². The lowest BCUT2D eigenvalue weighted by atomic mass is 10.3. The summed E-state index contributed by atoms with van der Waals surface area (Å²) in [5, 5.41) is 19.1. The van der Waals surface area contributed by atoms with E-state index in [0.29, 0.717) is 17.8 Å². The molecular weight excluding hydrogens is 250 g/mol. The summed E-state index contributed by atoms with van der Waals surface area (Å²) in [5.41, 5.74) is 0.878. The molecule has 1 amide bonds. The number of aromatic nitrogens is 4. The second kappa shape index (κ2) is 5.34. The van der Waals surface area contributed by atoms with Gasteiger partial charge in [-0.15, -0.1) is 0 Å². The molecule has 0 spiro atoms. The highest BCUT2D eigenvalue weighted by atomic mass is 16.4. The zero-order valence-corrected chi connectivity index (χ0v) is 10.3. The van der Waals surface area contributed by atoms with E-state index >= 15 is 0 Å². The minimum atomic E-state index is -1.01. The topological polar surface area (TPSA) is 102 Å². The first-order chi connectivity index (χ1) is 9.08. The number of rotatable bonds is 5. The van der Waals surface area contributed by atoms with Crippen molar-refractivity contribution in [3.63, 3.8) is 0 Å². The third kappa shape index (κ3) is 3.18. The number of carboxylic acids is 1. The van der Waals surface area contributed by atoms with Crippen LogP contribution in [-0.2, 0) is 17.9 Å². The Morgan fingerprint density at radius 3 is 2.63 bits per heavy atom. The molecule has 0 saturated heterocycles. The van der Waals surface area contributed by atoms with Gasteiger partial charge >= 0.3 is 5.97 Å². The van der Waals surface area contributed by atoms with Crippen molar-refractivity contribution >= 4 is 17.6 Å². The van der Waals surface area contributed by atoms with E-state index in [-0.39, 0.29) is 12.5 Å². The van der Waals surface area contributed by atoms with Gasteiger partial charge in [-0.2, -0.15) is 10.2 Å². The van der Waals surface area contributed by atoms with Crippen LogP contribution in [0.3, 0.4) is 0 Å². The minimum absolute atomic E-state index is 0.277. The molecule has 8 heteroatoms. The highest BCUT2D eigenvalue weighted by Gasteiger charge is 2.11. The van der Waals surface area contributed by atoms with Gasteiger partial charge in [0.05, 0.1) is 23.6 Å². The predicted octanol–water partition coefficient (Wildman–Crippen LogP) is 0.436. The fourth-order valence-corrected chi connectivity index (χ4v) is 1.51. The van der Waals surface area contributed by atoms with Crippen molar-refractivity contribution < 1.29 is 14.7 Å². The van der Waals surface area contributed by atoms with Crippen LogP contribution in [0.15, 0.2) is 24.8 Å². The Balaban J connectivity index is 2.03. The van der Waals surface area contributed by atoms with Crippen molar-refractivity contribution in [1.29, 1.82) is 0 Å². The van der Waals surface area contributed by atoms with Gasteiger partial charge in [0, 0.05) is 18.9 Å². The summed E-state index contributed by atoms with van der Waals surface area (Å²) < 4.78 is 2.87. The second-order valence-electron chi connectivity index (χ2n) is 3.86. The number of aliphatic carboxylic acids is 1. The van der Waals surface area contributed by atoms with Gasteiger partial charge in [0.1, 0.15) is 6.54 Å². The third-order valence-corrected chi connectivity index (χ3v) is 2.41. The molecule has 8 nitrogen and oxygen atoms in total. The highest BCUT2D eigenvalue weighted by molar-refractivity contribution is 6.03. The summed E-state index contributed by atoms with van der Waals surface area (Å²) in [5.74, 6) is -1.37. The van der Waals surface area contributed by atoms with Crippen LogP contribution in [0.2, 0.25) is 0 Å². The Labute approximate surface area is 108 Å². The normalized spacial score (nSPS) is 10.4. The largest absolute Gasteiger partial charge is 0.480 e. The van der Waals surface area contributed by atoms with Crippen molar-refractivity contribution in [3.05, 3.63) is 30.4 Å². The van der Waals surface area contributed by atoms with E-state index in [0.717, 1.165) is 0 Å². The number of carbonyl (C=O) groups excluding carboxylic acids is 1. The fraction of sp³-hybridized carbons (Fsp3) is 0.273. The molecule has 0 aliphatic carbocycles. The molecule has 2 aromatic rings. The van der Waals surface area contributed by atoms with E-state index in [1.165, 1.54) is 17.1 Å². The van der Waals surface area contributed by atoms with E-state index in [9.17, 15) is 9.59 Å². The molecule has 100 valence electrons. The van der Waals surface area contributed by atoms with Crippen molar-refractivity contribution in [2.45, 2.75) is 20.0 Å². The predicted molar refractivity (Wildman–Crippen MR) is 65.7 cm³/mol. The molecule has 0 radical (unpaired) electrons. The summed E-state index contributed by atoms with van der Waals surface area (Å²) in [6.45, 7) is 2.38. The fourth-order valence-electron chi connectivity index (χ4n) is 1.51. The average molecular weight is 263 g/mol. The van der Waals surface area contributed by atoms with Gasteiger partial charge in [-0.25, -0.2) is 0 Å². The molecule has 0 bridgehead atoms. The number of carbonyl (C=O) groups is 2. The number of nitrogens with one attached hydrogen (secondary N) is 1. The van der Waals surface area contributed by atoms with Crippen LogP contribution in [0.25, 0.3) is 0 Å². The molecule has 0 aliphatic rings. The van der Waals surface area contributed by atoms with E-state index in [1.54, 1.807) is 17.1 Å². The van der Waals surface area contributed by atoms with Gasteiger partial charge in [-0.1, -0.05) is 0 Å². The maximum atomic E-state index is 11.9. The molecule has 2 aromatic heterocycles. The number of carboxylic acid groups (broad SMARTS) is 1. The second-order valence-corrected chi connectivity index (χ2v) is 3.86. The maximum absolute atomic E-state index is 11.9. The summed E-state index contributed by atoms with van der Waals surface area (Å²) in [6, 6.07) is 0. The van der Waals surface area contributed by atoms with Crippen LogP contribution in [0.1, 0.15) is 17.3 Å². The van der Waals surface area contributed by atoms with Crippen LogP contribution in [-0.4, -0.2) is 36.5 Å². The molecule has 0 aromatic carbocycles. The minimum Gasteiger partial charge on any atom is -0.480 e. The smallest absolute Gasteiger partial charge is 0.325 e. The van der Waals surface area contributed by atoms with Crippen LogP contribution in [0, 0.1) is 0 Å². The number of anilines is 1. The molecule has 2 heterocycles. The molecule has 0 aliphatic heterocycles. The number of amides is 1. The monoisotopic (exact) mass is 263 g/mol. The number of nitrogens with zero attached hydrogens (tertiary/aromatic N) is 4. The van der Waals surface area contributed by atoms with Crippen molar-refractivity contribution in [2.75, 3.05) is 5.32 Å². The molecule has 2 rings (SSSR count). The van der Waals surface area contributed by atoms with Gasteiger partial charge in [0.2, 0.25) is 0 Å². The third-order valence-electron chi connectivity index (χ3n) is 2.41. The summed E-state index contributed by atoms with van der Waals surface area (Å²) in [7, 11) is 0. The SMILES string of the molecule is CCn1cc(NC(=O)c2cnn(CC(=O)O)c2)cn1. The quantitative estimate of drug-likeness (QED) is 0.814. The zero-order chi connectivity index (χ0) is 13.8. The Bertz CT molecular complexity index is 601. The van der Waals surface area contributed by atoms with Gasteiger partial charge in [0.15, 0.2) is 0 Å². The standard InChI is InChI=1S/C11H13N5O3/c1-2-15-6-9(4-13-15)14-11(19)8-3-12-16(5-8)7-10(17)18/h3-6H,2,7H2,1H3,(H,14,19)(H,17,18). The molecule has 19 heavy (non-hydrogen) atoms. The van der Waals surface area contributed by atoms with Gasteiger partial charge < -0.3 is 10.4 Å². The van der Waals surface area contributed by atoms with Crippen molar-refractivity contribution in [2.24, 2.45) is 0 Å². The first kappa shape index (κ1) is 12.8. The number of hydrogen-bond acceptors (Lipinski definition) is 4. The van der Waals surface area contributed by atoms with E-state index in [4.69, 9.17) is 5.11 Å². The Morgan fingerprint density at radius 1 is 1.26 bits per heavy atom. The molecule has 0 fully saturated rings. The molecule has 0 atom stereocenters. The van der Waals surface area contributed by atoms with Crippen molar-refractivity contribution in [1.82, 2.24) is 19.6 Å². The summed E-state index contributed by atoms with van der Waals surface area (Å²) in [6.07, 6.45) is 5.96. The highest BCUT2D eigenvalue weighted by Crippen LogP contribution is 2.07. The van der Waals surface area contributed by atoms with Crippen LogP contribution in [0.5, 0.6) is 0 Å². The Morgan fingerprint density at radius 2 is 2.00 bits per heavy atom. The van der Waals surface area contributed by atoms with E-state index < -0.39 is 5.97 Å². The average Bonchev–Trinajstić information content (AvgIpc) is 2.97. The molecule has 0 unspecified atom stereocenters. The van der Waals surface area contributed by atoms with Gasteiger partial charge in [0.25, 0.3) is 5.91 Å². The lowest BCUT2D eigenvalue weighted by molar-refractivity contribution is -0.137. The van der Waals surface area contributed by atoms with Crippen LogP contribution >= 0.6 is 0 Å². The molecule has 0 saturated carbocycles. The summed E-state index contributed by atoms with van der Waals surface area (Å²) >= 11 is 0. The number of hydrogen-bond donors (Lipinski definition) is 2.